The average Bonchev–Trinajstić information content (AvgIpc) is 2.25. The highest BCUT2D eigenvalue weighted by Gasteiger charge is 2.48. The third-order valence-corrected chi connectivity index (χ3v) is 4.60. The molecule has 0 saturated heterocycles. The summed E-state index contributed by atoms with van der Waals surface area (Å²) in [5.74, 6) is 0.111. The number of alkyl carbamates (subject to hydrolysis) is 1. The number of esters is 1. The lowest BCUT2D eigenvalue weighted by Crippen LogP contribution is -2.49. The van der Waals surface area contributed by atoms with Gasteiger partial charge in [-0.25, -0.2) is 9.59 Å². The molecule has 1 N–H and O–H groups in total. The first-order chi connectivity index (χ1) is 9.73. The molecule has 2 saturated carbocycles. The summed E-state index contributed by atoms with van der Waals surface area (Å²) in [5, 5.41) is 2.65. The molecule has 0 aliphatic heterocycles. The first-order valence-corrected chi connectivity index (χ1v) is 7.80. The van der Waals surface area contributed by atoms with E-state index in [1.807, 2.05) is 0 Å². The molecule has 0 aromatic carbocycles. The van der Waals surface area contributed by atoms with Crippen LogP contribution in [0, 0.1) is 11.3 Å². The molecule has 0 aromatic rings. The summed E-state index contributed by atoms with van der Waals surface area (Å²) < 4.78 is 10.0. The summed E-state index contributed by atoms with van der Waals surface area (Å²) in [5.41, 5.74) is -0.00549. The van der Waals surface area contributed by atoms with Crippen LogP contribution in [0.3, 0.4) is 0 Å². The van der Waals surface area contributed by atoms with E-state index >= 15 is 0 Å². The Morgan fingerprint density at radius 3 is 2.33 bits per heavy atom. The predicted molar refractivity (Wildman–Crippen MR) is 78.8 cm³/mol. The number of nitrogens with one attached hydrogen (secondary N) is 1. The standard InChI is InChI=1S/C16H27NO4/c1-15(2,3)21-14(19)17-12(13(18)20-4)8-11-9-16(10-11)6-5-7-16/h11-12H,5-10H2,1-4H3,(H,17,19). The van der Waals surface area contributed by atoms with Gasteiger partial charge in [0, 0.05) is 0 Å². The van der Waals surface area contributed by atoms with Crippen LogP contribution >= 0.6 is 0 Å². The number of rotatable bonds is 4. The molecule has 2 aliphatic rings. The Hall–Kier alpha value is -1.26. The van der Waals surface area contributed by atoms with Crippen LogP contribution in [0.15, 0.2) is 0 Å². The summed E-state index contributed by atoms with van der Waals surface area (Å²) >= 11 is 0. The van der Waals surface area contributed by atoms with Gasteiger partial charge in [0.05, 0.1) is 7.11 Å². The van der Waals surface area contributed by atoms with Crippen LogP contribution in [0.2, 0.25) is 0 Å². The Balaban J connectivity index is 1.83. The summed E-state index contributed by atoms with van der Waals surface area (Å²) in [6, 6.07) is -0.604. The Kier molecular flexibility index (Phi) is 4.49. The van der Waals surface area contributed by atoms with Gasteiger partial charge < -0.3 is 14.8 Å². The highest BCUT2D eigenvalue weighted by molar-refractivity contribution is 5.81. The summed E-state index contributed by atoms with van der Waals surface area (Å²) in [4.78, 5) is 23.7. The van der Waals surface area contributed by atoms with Crippen LogP contribution in [0.5, 0.6) is 0 Å². The molecule has 5 heteroatoms. The Bertz CT molecular complexity index is 401. The lowest BCUT2D eigenvalue weighted by molar-refractivity contribution is -0.144. The molecule has 1 atom stereocenters. The maximum Gasteiger partial charge on any atom is 0.408 e. The summed E-state index contributed by atoms with van der Waals surface area (Å²) in [6.07, 6.45) is 6.43. The Labute approximate surface area is 126 Å². The summed E-state index contributed by atoms with van der Waals surface area (Å²) in [7, 11) is 1.35. The molecule has 0 heterocycles. The van der Waals surface area contributed by atoms with Crippen LogP contribution in [-0.4, -0.2) is 30.8 Å². The quantitative estimate of drug-likeness (QED) is 0.810. The van der Waals surface area contributed by atoms with Gasteiger partial charge >= 0.3 is 12.1 Å². The third-order valence-electron chi connectivity index (χ3n) is 4.60. The van der Waals surface area contributed by atoms with Crippen LogP contribution in [0.25, 0.3) is 0 Å². The molecule has 2 fully saturated rings. The number of hydrogen-bond donors (Lipinski definition) is 1. The van der Waals surface area contributed by atoms with Gasteiger partial charge in [0.25, 0.3) is 0 Å². The van der Waals surface area contributed by atoms with Crippen LogP contribution in [0.1, 0.15) is 59.3 Å². The fourth-order valence-electron chi connectivity index (χ4n) is 3.56. The highest BCUT2D eigenvalue weighted by Crippen LogP contribution is 2.59. The smallest absolute Gasteiger partial charge is 0.408 e. The molecule has 1 amide bonds. The van der Waals surface area contributed by atoms with Crippen molar-refractivity contribution in [2.75, 3.05) is 7.11 Å². The number of methoxy groups -OCH3 is 1. The largest absolute Gasteiger partial charge is 0.467 e. The molecule has 21 heavy (non-hydrogen) atoms. The zero-order valence-corrected chi connectivity index (χ0v) is 13.5. The normalized spacial score (nSPS) is 21.9. The van der Waals surface area contributed by atoms with Gasteiger partial charge in [-0.1, -0.05) is 6.42 Å². The van der Waals surface area contributed by atoms with Gasteiger partial charge in [0.2, 0.25) is 0 Å². The van der Waals surface area contributed by atoms with E-state index in [1.165, 1.54) is 39.2 Å². The van der Waals surface area contributed by atoms with Gasteiger partial charge in [-0.05, 0) is 64.2 Å². The number of ether oxygens (including phenoxy) is 2. The number of carbonyl (C=O) groups excluding carboxylic acids is 2. The molecule has 2 aliphatic carbocycles. The number of amides is 1. The van der Waals surface area contributed by atoms with Gasteiger partial charge in [0.15, 0.2) is 0 Å². The molecule has 0 aromatic heterocycles. The van der Waals surface area contributed by atoms with Crippen molar-refractivity contribution in [3.63, 3.8) is 0 Å². The molecule has 1 unspecified atom stereocenters. The minimum absolute atomic E-state index is 0.393. The molecule has 120 valence electrons. The van der Waals surface area contributed by atoms with E-state index in [0.29, 0.717) is 17.8 Å². The van der Waals surface area contributed by atoms with E-state index in [4.69, 9.17) is 9.47 Å². The Morgan fingerprint density at radius 2 is 1.90 bits per heavy atom. The molecule has 2 rings (SSSR count). The topological polar surface area (TPSA) is 64.6 Å². The van der Waals surface area contributed by atoms with Crippen molar-refractivity contribution < 1.29 is 19.1 Å². The van der Waals surface area contributed by atoms with Gasteiger partial charge in [0.1, 0.15) is 11.6 Å². The van der Waals surface area contributed by atoms with Crippen LogP contribution in [-0.2, 0) is 14.3 Å². The molecule has 0 radical (unpaired) electrons. The maximum atomic E-state index is 11.8. The molecular formula is C16H27NO4. The van der Waals surface area contributed by atoms with E-state index < -0.39 is 23.7 Å². The lowest BCUT2D eigenvalue weighted by atomic mass is 9.51. The van der Waals surface area contributed by atoms with Gasteiger partial charge in [-0.2, -0.15) is 0 Å². The van der Waals surface area contributed by atoms with Crippen LogP contribution < -0.4 is 5.32 Å². The monoisotopic (exact) mass is 297 g/mol. The minimum Gasteiger partial charge on any atom is -0.467 e. The highest BCUT2D eigenvalue weighted by atomic mass is 16.6. The van der Waals surface area contributed by atoms with Crippen molar-refractivity contribution in [2.45, 2.75) is 70.9 Å². The van der Waals surface area contributed by atoms with Crippen molar-refractivity contribution in [3.05, 3.63) is 0 Å². The zero-order chi connectivity index (χ0) is 15.7. The van der Waals surface area contributed by atoms with E-state index in [2.05, 4.69) is 5.32 Å². The second-order valence-electron chi connectivity index (χ2n) is 7.59. The van der Waals surface area contributed by atoms with E-state index in [-0.39, 0.29) is 0 Å². The maximum absolute atomic E-state index is 11.8. The number of hydrogen-bond acceptors (Lipinski definition) is 4. The summed E-state index contributed by atoms with van der Waals surface area (Å²) in [6.45, 7) is 5.39. The van der Waals surface area contributed by atoms with Crippen molar-refractivity contribution >= 4 is 12.1 Å². The van der Waals surface area contributed by atoms with Gasteiger partial charge in [-0.3, -0.25) is 0 Å². The fraction of sp³-hybridized carbons (Fsp3) is 0.875. The van der Waals surface area contributed by atoms with E-state index in [0.717, 1.165) is 0 Å². The SMILES string of the molecule is COC(=O)C(CC1CC2(CCC2)C1)NC(=O)OC(C)(C)C. The van der Waals surface area contributed by atoms with E-state index in [1.54, 1.807) is 20.8 Å². The molecule has 0 bridgehead atoms. The van der Waals surface area contributed by atoms with E-state index in [9.17, 15) is 9.59 Å². The second kappa shape index (κ2) is 5.85. The first kappa shape index (κ1) is 16.1. The molecular weight excluding hydrogens is 270 g/mol. The third kappa shape index (κ3) is 4.11. The fourth-order valence-corrected chi connectivity index (χ4v) is 3.56. The van der Waals surface area contributed by atoms with Crippen molar-refractivity contribution in [2.24, 2.45) is 11.3 Å². The van der Waals surface area contributed by atoms with Gasteiger partial charge in [-0.15, -0.1) is 0 Å². The molecule has 1 spiro atoms. The van der Waals surface area contributed by atoms with Crippen molar-refractivity contribution in [1.29, 1.82) is 0 Å². The predicted octanol–water partition coefficient (Wildman–Crippen LogP) is 3.02. The zero-order valence-electron chi connectivity index (χ0n) is 13.5. The first-order valence-electron chi connectivity index (χ1n) is 7.80. The Morgan fingerprint density at radius 1 is 1.29 bits per heavy atom. The second-order valence-corrected chi connectivity index (χ2v) is 7.59. The average molecular weight is 297 g/mol. The van der Waals surface area contributed by atoms with Crippen LogP contribution in [0.4, 0.5) is 4.79 Å². The number of carbonyl (C=O) groups is 2. The minimum atomic E-state index is -0.604. The van der Waals surface area contributed by atoms with Crippen molar-refractivity contribution in [1.82, 2.24) is 5.32 Å². The molecule has 5 nitrogen and oxygen atoms in total. The van der Waals surface area contributed by atoms with Crippen molar-refractivity contribution in [3.8, 4) is 0 Å². The lowest BCUT2D eigenvalue weighted by Gasteiger charge is -2.54.